The van der Waals surface area contributed by atoms with E-state index in [1.54, 1.807) is 0 Å². The van der Waals surface area contributed by atoms with Gasteiger partial charge in [-0.3, -0.25) is 9.59 Å². The van der Waals surface area contributed by atoms with E-state index in [1.807, 2.05) is 5.32 Å². The molecule has 0 saturated carbocycles. The van der Waals surface area contributed by atoms with Crippen LogP contribution in [0.3, 0.4) is 0 Å². The van der Waals surface area contributed by atoms with Crippen molar-refractivity contribution in [3.8, 4) is 0 Å². The summed E-state index contributed by atoms with van der Waals surface area (Å²) in [5.74, 6) is -5.88. The van der Waals surface area contributed by atoms with Crippen LogP contribution in [0.25, 0.3) is 0 Å². The van der Waals surface area contributed by atoms with Crippen LogP contribution in [0.4, 0.5) is 0 Å². The summed E-state index contributed by atoms with van der Waals surface area (Å²) in [6, 6.07) is -1.44. The molecule has 0 radical (unpaired) electrons. The Bertz CT molecular complexity index is 476. The second-order valence-corrected chi connectivity index (χ2v) is 5.26. The van der Waals surface area contributed by atoms with Crippen molar-refractivity contribution >= 4 is 18.3 Å². The van der Waals surface area contributed by atoms with E-state index < -0.39 is 67.7 Å². The molecule has 0 aromatic heterocycles. The van der Waals surface area contributed by atoms with E-state index in [9.17, 15) is 39.9 Å². The molecular formula is C13H23N2O10-. The van der Waals surface area contributed by atoms with Gasteiger partial charge in [-0.25, -0.2) is 0 Å². The van der Waals surface area contributed by atoms with Gasteiger partial charge in [-0.05, 0) is 0 Å². The standard InChI is InChI=1S/C12H20N2O10.CH4/c15-3-6(18)9(20)10-8(14-7(19)2-13-4-16)5(17)1-12(23,24-10)11(21)22;/h4-6,8-10,15,17-18,20,23H,1-3H2,(H,13,16)(H,14,19)(H,21,22);1H4/p-1/t5?,6-,8?,9-,10?,12?;/m1./s1. The topological polar surface area (TPSA) is 209 Å². The Hall–Kier alpha value is -1.83. The number of hydrogen-bond donors (Lipinski definition) is 7. The average molecular weight is 367 g/mol. The van der Waals surface area contributed by atoms with Gasteiger partial charge in [0.25, 0.3) is 0 Å². The number of hydrogen-bond acceptors (Lipinski definition) is 10. The first-order valence-corrected chi connectivity index (χ1v) is 6.89. The number of aliphatic hydroxyl groups excluding tert-OH is 4. The third-order valence-electron chi connectivity index (χ3n) is 3.50. The predicted molar refractivity (Wildman–Crippen MR) is 77.3 cm³/mol. The van der Waals surface area contributed by atoms with Gasteiger partial charge in [-0.2, -0.15) is 0 Å². The van der Waals surface area contributed by atoms with Crippen molar-refractivity contribution in [2.45, 2.75) is 50.1 Å². The smallest absolute Gasteiger partial charge is 0.239 e. The van der Waals surface area contributed by atoms with E-state index >= 15 is 0 Å². The number of ether oxygens (including phenoxy) is 1. The van der Waals surface area contributed by atoms with Gasteiger partial charge in [0, 0.05) is 6.42 Å². The highest BCUT2D eigenvalue weighted by Gasteiger charge is 2.50. The summed E-state index contributed by atoms with van der Waals surface area (Å²) in [5.41, 5.74) is 0. The molecule has 0 bridgehead atoms. The van der Waals surface area contributed by atoms with Crippen LogP contribution in [-0.4, -0.2) is 93.2 Å². The van der Waals surface area contributed by atoms with Gasteiger partial charge in [0.1, 0.15) is 24.3 Å². The molecule has 6 atom stereocenters. The van der Waals surface area contributed by atoms with Crippen LogP contribution in [0.5, 0.6) is 0 Å². The lowest BCUT2D eigenvalue weighted by Gasteiger charge is -2.46. The van der Waals surface area contributed by atoms with Gasteiger partial charge in [0.15, 0.2) is 0 Å². The molecule has 0 spiro atoms. The SMILES string of the molecule is C.O=CNCC(=O)NC1C(O)CC(O)(C(=O)[O-])OC1[C@H](O)[C@H](O)CO. The molecule has 12 nitrogen and oxygen atoms in total. The molecule has 1 rings (SSSR count). The molecule has 0 aromatic carbocycles. The van der Waals surface area contributed by atoms with E-state index in [2.05, 4.69) is 5.32 Å². The van der Waals surface area contributed by atoms with Gasteiger partial charge < -0.3 is 50.8 Å². The number of carbonyl (C=O) groups excluding carboxylic acids is 3. The highest BCUT2D eigenvalue weighted by atomic mass is 16.7. The molecule has 146 valence electrons. The number of aliphatic hydroxyl groups is 5. The monoisotopic (exact) mass is 367 g/mol. The molecule has 0 aromatic rings. The largest absolute Gasteiger partial charge is 0.544 e. The normalized spacial score (nSPS) is 31.2. The summed E-state index contributed by atoms with van der Waals surface area (Å²) in [5, 5.41) is 63.3. The number of carbonyl (C=O) groups is 3. The summed E-state index contributed by atoms with van der Waals surface area (Å²) in [4.78, 5) is 32.8. The number of rotatable bonds is 8. The first kappa shape index (κ1) is 23.2. The van der Waals surface area contributed by atoms with Crippen LogP contribution in [-0.2, 0) is 19.1 Å². The van der Waals surface area contributed by atoms with E-state index in [0.717, 1.165) is 0 Å². The van der Waals surface area contributed by atoms with Crippen molar-refractivity contribution in [1.29, 1.82) is 0 Å². The fraction of sp³-hybridized carbons (Fsp3) is 0.769. The molecule has 0 aliphatic carbocycles. The van der Waals surface area contributed by atoms with Gasteiger partial charge in [-0.1, -0.05) is 7.43 Å². The minimum absolute atomic E-state index is 0. The van der Waals surface area contributed by atoms with Gasteiger partial charge in [-0.15, -0.1) is 0 Å². The Morgan fingerprint density at radius 2 is 2.00 bits per heavy atom. The molecule has 4 unspecified atom stereocenters. The maximum atomic E-state index is 11.6. The minimum atomic E-state index is -2.97. The first-order valence-electron chi connectivity index (χ1n) is 6.89. The summed E-state index contributed by atoms with van der Waals surface area (Å²) in [7, 11) is 0. The summed E-state index contributed by atoms with van der Waals surface area (Å²) in [6.45, 7) is -1.42. The third kappa shape index (κ3) is 5.59. The number of aliphatic carboxylic acids is 1. The highest BCUT2D eigenvalue weighted by molar-refractivity contribution is 5.80. The quantitative estimate of drug-likeness (QED) is 0.202. The molecule has 2 amide bonds. The van der Waals surface area contributed by atoms with Crippen LogP contribution in [0.15, 0.2) is 0 Å². The number of carboxylic acid groups (broad SMARTS) is 1. The Morgan fingerprint density at radius 3 is 2.48 bits per heavy atom. The molecule has 12 heteroatoms. The maximum Gasteiger partial charge on any atom is 0.239 e. The molecule has 25 heavy (non-hydrogen) atoms. The second kappa shape index (κ2) is 9.60. The molecule has 7 N–H and O–H groups in total. The van der Waals surface area contributed by atoms with Crippen molar-refractivity contribution in [2.24, 2.45) is 0 Å². The van der Waals surface area contributed by atoms with Crippen LogP contribution >= 0.6 is 0 Å². The predicted octanol–water partition coefficient (Wildman–Crippen LogP) is -5.84. The maximum absolute atomic E-state index is 11.6. The van der Waals surface area contributed by atoms with E-state index in [-0.39, 0.29) is 13.8 Å². The Balaban J connectivity index is 0.00000576. The molecule has 1 fully saturated rings. The van der Waals surface area contributed by atoms with E-state index in [0.29, 0.717) is 0 Å². The molecule has 1 heterocycles. The zero-order chi connectivity index (χ0) is 18.5. The van der Waals surface area contributed by atoms with Crippen LogP contribution in [0.2, 0.25) is 0 Å². The fourth-order valence-corrected chi connectivity index (χ4v) is 2.27. The zero-order valence-electron chi connectivity index (χ0n) is 12.4. The van der Waals surface area contributed by atoms with Crippen molar-refractivity contribution < 1.29 is 49.8 Å². The van der Waals surface area contributed by atoms with Gasteiger partial charge in [0.05, 0.1) is 25.3 Å². The first-order chi connectivity index (χ1) is 11.2. The fourth-order valence-electron chi connectivity index (χ4n) is 2.27. The van der Waals surface area contributed by atoms with Crippen LogP contribution in [0, 0.1) is 0 Å². The Morgan fingerprint density at radius 1 is 1.40 bits per heavy atom. The van der Waals surface area contributed by atoms with Crippen molar-refractivity contribution in [1.82, 2.24) is 10.6 Å². The number of amides is 2. The minimum Gasteiger partial charge on any atom is -0.544 e. The van der Waals surface area contributed by atoms with Gasteiger partial charge in [0.2, 0.25) is 18.1 Å². The van der Waals surface area contributed by atoms with Crippen molar-refractivity contribution in [3.63, 3.8) is 0 Å². The van der Waals surface area contributed by atoms with Crippen molar-refractivity contribution in [2.75, 3.05) is 13.2 Å². The molecule has 1 saturated heterocycles. The summed E-state index contributed by atoms with van der Waals surface area (Å²) < 4.78 is 4.82. The Kier molecular flexibility index (Phi) is 8.90. The van der Waals surface area contributed by atoms with E-state index in [4.69, 9.17) is 9.84 Å². The molecule has 1 aliphatic rings. The summed E-state index contributed by atoms with van der Waals surface area (Å²) in [6.07, 6.45) is -7.91. The third-order valence-corrected chi connectivity index (χ3v) is 3.50. The lowest BCUT2D eigenvalue weighted by molar-refractivity contribution is -0.374. The van der Waals surface area contributed by atoms with E-state index in [1.165, 1.54) is 0 Å². The highest BCUT2D eigenvalue weighted by Crippen LogP contribution is 2.29. The van der Waals surface area contributed by atoms with Crippen molar-refractivity contribution in [3.05, 3.63) is 0 Å². The van der Waals surface area contributed by atoms with Crippen LogP contribution in [0.1, 0.15) is 13.8 Å². The van der Waals surface area contributed by atoms with Crippen LogP contribution < -0.4 is 15.7 Å². The Labute approximate surface area is 143 Å². The second-order valence-electron chi connectivity index (χ2n) is 5.26. The molecule has 1 aliphatic heterocycles. The average Bonchev–Trinajstić information content (AvgIpc) is 2.53. The molecular weight excluding hydrogens is 344 g/mol. The number of nitrogens with one attached hydrogen (secondary N) is 2. The van der Waals surface area contributed by atoms with Gasteiger partial charge >= 0.3 is 0 Å². The lowest BCUT2D eigenvalue weighted by Crippen LogP contribution is -2.69. The lowest BCUT2D eigenvalue weighted by atomic mass is 9.88. The summed E-state index contributed by atoms with van der Waals surface area (Å²) >= 11 is 0. The number of carboxylic acids is 1. The zero-order valence-corrected chi connectivity index (χ0v) is 12.4.